The van der Waals surface area contributed by atoms with E-state index in [1.54, 1.807) is 0 Å². The highest BCUT2D eigenvalue weighted by Gasteiger charge is 2.05. The van der Waals surface area contributed by atoms with Gasteiger partial charge in [-0.05, 0) is 0 Å². The molecule has 7 heteroatoms. The molecule has 5 nitrogen and oxygen atoms in total. The number of sulfonamides is 1. The molecule has 1 aromatic heterocycles. The smallest absolute Gasteiger partial charge is 0.231 e. The molecule has 0 saturated carbocycles. The lowest BCUT2D eigenvalue weighted by Gasteiger charge is -1.95. The molecule has 0 atom stereocenters. The molecule has 0 aromatic carbocycles. The maximum Gasteiger partial charge on any atom is 0.231 e. The summed E-state index contributed by atoms with van der Waals surface area (Å²) in [5.74, 6) is 5.48. The van der Waals surface area contributed by atoms with Crippen LogP contribution >= 0.6 is 11.3 Å². The number of nitrogens with zero attached hydrogens (tertiary/aromatic N) is 1. The third-order valence-electron chi connectivity index (χ3n) is 1.23. The highest BCUT2D eigenvalue weighted by molar-refractivity contribution is 7.92. The van der Waals surface area contributed by atoms with Gasteiger partial charge in [-0.25, -0.2) is 13.4 Å². The van der Waals surface area contributed by atoms with E-state index in [1.165, 1.54) is 6.20 Å². The molecule has 15 heavy (non-hydrogen) atoms. The summed E-state index contributed by atoms with van der Waals surface area (Å²) in [5.41, 5.74) is 0. The number of hydrogen-bond donors (Lipinski definition) is 2. The van der Waals surface area contributed by atoms with Crippen LogP contribution in [0.5, 0.6) is 0 Å². The molecule has 82 valence electrons. The first-order chi connectivity index (χ1) is 7.01. The Morgan fingerprint density at radius 1 is 1.67 bits per heavy atom. The van der Waals surface area contributed by atoms with E-state index >= 15 is 0 Å². The van der Waals surface area contributed by atoms with Gasteiger partial charge in [-0.2, -0.15) is 0 Å². The van der Waals surface area contributed by atoms with Crippen molar-refractivity contribution in [2.24, 2.45) is 0 Å². The zero-order chi connectivity index (χ0) is 11.3. The fourth-order valence-electron chi connectivity index (χ4n) is 0.743. The SMILES string of the molecule is CS(=O)(=O)Nc1ncc(C#CCCO)s1. The van der Waals surface area contributed by atoms with Gasteiger partial charge in [0.05, 0.1) is 23.9 Å². The minimum Gasteiger partial charge on any atom is -0.395 e. The molecule has 0 spiro atoms. The van der Waals surface area contributed by atoms with Crippen LogP contribution in [0.1, 0.15) is 11.3 Å². The van der Waals surface area contributed by atoms with Gasteiger partial charge in [0.15, 0.2) is 5.13 Å². The van der Waals surface area contributed by atoms with E-state index in [-0.39, 0.29) is 6.61 Å². The Morgan fingerprint density at radius 2 is 2.40 bits per heavy atom. The molecule has 0 aliphatic carbocycles. The van der Waals surface area contributed by atoms with Crippen LogP contribution in [0.3, 0.4) is 0 Å². The van der Waals surface area contributed by atoms with Gasteiger partial charge in [0, 0.05) is 6.42 Å². The molecule has 0 aliphatic rings. The topological polar surface area (TPSA) is 79.3 Å². The second kappa shape index (κ2) is 5.11. The minimum absolute atomic E-state index is 0.0141. The summed E-state index contributed by atoms with van der Waals surface area (Å²) >= 11 is 1.15. The monoisotopic (exact) mass is 246 g/mol. The summed E-state index contributed by atoms with van der Waals surface area (Å²) in [4.78, 5) is 4.51. The molecule has 2 N–H and O–H groups in total. The number of aliphatic hydroxyl groups is 1. The molecule has 1 heterocycles. The number of aliphatic hydroxyl groups excluding tert-OH is 1. The highest BCUT2D eigenvalue weighted by atomic mass is 32.2. The van der Waals surface area contributed by atoms with Gasteiger partial charge in [0.25, 0.3) is 0 Å². The van der Waals surface area contributed by atoms with Crippen molar-refractivity contribution in [1.82, 2.24) is 4.98 Å². The highest BCUT2D eigenvalue weighted by Crippen LogP contribution is 2.17. The quantitative estimate of drug-likeness (QED) is 0.749. The van der Waals surface area contributed by atoms with Crippen molar-refractivity contribution in [3.8, 4) is 11.8 Å². The average Bonchev–Trinajstić information content (AvgIpc) is 2.50. The van der Waals surface area contributed by atoms with Gasteiger partial charge in [-0.15, -0.1) is 0 Å². The summed E-state index contributed by atoms with van der Waals surface area (Å²) < 4.78 is 24.0. The molecule has 0 bridgehead atoms. The molecule has 0 aliphatic heterocycles. The molecular formula is C8H10N2O3S2. The van der Waals surface area contributed by atoms with E-state index in [0.29, 0.717) is 16.4 Å². The summed E-state index contributed by atoms with van der Waals surface area (Å²) in [6.07, 6.45) is 2.95. The van der Waals surface area contributed by atoms with Crippen LogP contribution in [0.25, 0.3) is 0 Å². The molecule has 0 radical (unpaired) electrons. The Hall–Kier alpha value is -1.10. The number of aromatic nitrogens is 1. The van der Waals surface area contributed by atoms with Crippen LogP contribution in [0.4, 0.5) is 5.13 Å². The van der Waals surface area contributed by atoms with Crippen LogP contribution in [0.2, 0.25) is 0 Å². The predicted molar refractivity (Wildman–Crippen MR) is 59.2 cm³/mol. The zero-order valence-corrected chi connectivity index (χ0v) is 9.65. The number of thiazole rings is 1. The van der Waals surface area contributed by atoms with Crippen LogP contribution in [0, 0.1) is 11.8 Å². The Balaban J connectivity index is 2.70. The molecule has 0 fully saturated rings. The first-order valence-electron chi connectivity index (χ1n) is 4.04. The fraction of sp³-hybridized carbons (Fsp3) is 0.375. The maximum atomic E-state index is 10.9. The van der Waals surface area contributed by atoms with E-state index in [1.807, 2.05) is 0 Å². The second-order valence-electron chi connectivity index (χ2n) is 2.68. The molecule has 0 saturated heterocycles. The zero-order valence-electron chi connectivity index (χ0n) is 8.02. The Morgan fingerprint density at radius 3 is 3.00 bits per heavy atom. The van der Waals surface area contributed by atoms with Crippen molar-refractivity contribution >= 4 is 26.5 Å². The third-order valence-corrected chi connectivity index (χ3v) is 2.75. The number of rotatable bonds is 3. The fourth-order valence-corrected chi connectivity index (χ4v) is 2.28. The summed E-state index contributed by atoms with van der Waals surface area (Å²) in [7, 11) is -3.28. The van der Waals surface area contributed by atoms with Crippen LogP contribution in [-0.4, -0.2) is 31.4 Å². The molecule has 0 unspecified atom stereocenters. The number of anilines is 1. The Kier molecular flexibility index (Phi) is 4.08. The van der Waals surface area contributed by atoms with Crippen molar-refractivity contribution in [3.05, 3.63) is 11.1 Å². The van der Waals surface area contributed by atoms with Gasteiger partial charge in [-0.1, -0.05) is 23.2 Å². The van der Waals surface area contributed by atoms with Gasteiger partial charge >= 0.3 is 0 Å². The summed E-state index contributed by atoms with van der Waals surface area (Å²) in [6.45, 7) is 0.0141. The summed E-state index contributed by atoms with van der Waals surface area (Å²) in [5, 5.41) is 8.79. The minimum atomic E-state index is -3.28. The maximum absolute atomic E-state index is 10.9. The Bertz CT molecular complexity index is 481. The van der Waals surface area contributed by atoms with Crippen LogP contribution < -0.4 is 4.72 Å². The van der Waals surface area contributed by atoms with E-state index in [0.717, 1.165) is 17.6 Å². The lowest BCUT2D eigenvalue weighted by Crippen LogP contribution is -2.08. The second-order valence-corrected chi connectivity index (χ2v) is 5.46. The largest absolute Gasteiger partial charge is 0.395 e. The molecule has 1 rings (SSSR count). The standard InChI is InChI=1S/C8H10N2O3S2/c1-15(12,13)10-8-9-6-7(14-8)4-2-3-5-11/h6,11H,3,5H2,1H3,(H,9,10). The van der Waals surface area contributed by atoms with Crippen molar-refractivity contribution < 1.29 is 13.5 Å². The first kappa shape index (κ1) is 12.0. The van der Waals surface area contributed by atoms with Crippen LogP contribution in [-0.2, 0) is 10.0 Å². The van der Waals surface area contributed by atoms with E-state index in [9.17, 15) is 8.42 Å². The van der Waals surface area contributed by atoms with E-state index in [2.05, 4.69) is 21.5 Å². The van der Waals surface area contributed by atoms with Gasteiger partial charge in [0.1, 0.15) is 0 Å². The third kappa shape index (κ3) is 4.78. The lowest BCUT2D eigenvalue weighted by molar-refractivity contribution is 0.305. The van der Waals surface area contributed by atoms with Gasteiger partial charge in [0.2, 0.25) is 10.0 Å². The van der Waals surface area contributed by atoms with Crippen molar-refractivity contribution in [1.29, 1.82) is 0 Å². The van der Waals surface area contributed by atoms with Crippen molar-refractivity contribution in [2.75, 3.05) is 17.6 Å². The van der Waals surface area contributed by atoms with Crippen molar-refractivity contribution in [3.63, 3.8) is 0 Å². The van der Waals surface area contributed by atoms with Gasteiger partial charge < -0.3 is 5.11 Å². The average molecular weight is 246 g/mol. The van der Waals surface area contributed by atoms with Crippen LogP contribution in [0.15, 0.2) is 6.20 Å². The first-order valence-corrected chi connectivity index (χ1v) is 6.75. The van der Waals surface area contributed by atoms with Gasteiger partial charge in [-0.3, -0.25) is 4.72 Å². The lowest BCUT2D eigenvalue weighted by atomic mass is 10.4. The molecular weight excluding hydrogens is 236 g/mol. The number of hydrogen-bond acceptors (Lipinski definition) is 5. The normalized spacial score (nSPS) is 10.5. The summed E-state index contributed by atoms with van der Waals surface area (Å²) in [6, 6.07) is 0. The van der Waals surface area contributed by atoms with Crippen molar-refractivity contribution in [2.45, 2.75) is 6.42 Å². The van der Waals surface area contributed by atoms with E-state index in [4.69, 9.17) is 5.11 Å². The molecule has 1 aromatic rings. The van der Waals surface area contributed by atoms with E-state index < -0.39 is 10.0 Å². The predicted octanol–water partition coefficient (Wildman–Crippen LogP) is 0.248. The number of nitrogens with one attached hydrogen (secondary N) is 1. The molecule has 0 amide bonds. The Labute approximate surface area is 92.2 Å².